The lowest BCUT2D eigenvalue weighted by Crippen LogP contribution is -2.38. The minimum atomic E-state index is -3.04. The van der Waals surface area contributed by atoms with Crippen LogP contribution in [-0.4, -0.2) is 53.3 Å². The number of rotatable bonds is 3. The number of hydrogen-bond donors (Lipinski definition) is 2. The Morgan fingerprint density at radius 3 is 2.72 bits per heavy atom. The number of aliphatic hydroxyl groups is 1. The Labute approximate surface area is 149 Å². The van der Waals surface area contributed by atoms with Crippen LogP contribution >= 0.6 is 11.3 Å². The van der Waals surface area contributed by atoms with Crippen molar-refractivity contribution in [2.75, 3.05) is 18.1 Å². The highest BCUT2D eigenvalue weighted by molar-refractivity contribution is 7.91. The van der Waals surface area contributed by atoms with Crippen molar-refractivity contribution in [3.63, 3.8) is 0 Å². The van der Waals surface area contributed by atoms with Crippen LogP contribution in [-0.2, 0) is 9.84 Å². The average Bonchev–Trinajstić information content (AvgIpc) is 3.26. The van der Waals surface area contributed by atoms with E-state index in [1.165, 1.54) is 11.3 Å². The number of aromatic nitrogens is 1. The Morgan fingerprint density at radius 1 is 1.28 bits per heavy atom. The van der Waals surface area contributed by atoms with Crippen LogP contribution in [0.15, 0.2) is 41.5 Å². The predicted molar refractivity (Wildman–Crippen MR) is 98.6 cm³/mol. The number of benzene rings is 1. The maximum absolute atomic E-state index is 11.7. The van der Waals surface area contributed by atoms with Gasteiger partial charge >= 0.3 is 0 Å². The van der Waals surface area contributed by atoms with Gasteiger partial charge in [-0.05, 0) is 6.42 Å². The van der Waals surface area contributed by atoms with Crippen molar-refractivity contribution in [2.45, 2.75) is 12.5 Å². The summed E-state index contributed by atoms with van der Waals surface area (Å²) >= 11 is 1.38. The zero-order chi connectivity index (χ0) is 17.6. The first-order valence-corrected chi connectivity index (χ1v) is 10.6. The Kier molecular flexibility index (Phi) is 3.88. The van der Waals surface area contributed by atoms with Gasteiger partial charge < -0.3 is 10.0 Å². The molecule has 2 N–H and O–H groups in total. The summed E-state index contributed by atoms with van der Waals surface area (Å²) in [5.41, 5.74) is 2.19. The summed E-state index contributed by atoms with van der Waals surface area (Å²) in [6.45, 7) is 0.175. The number of nitrogens with one attached hydrogen (secondary N) is 1. The molecule has 1 atom stereocenters. The van der Waals surface area contributed by atoms with E-state index in [2.05, 4.69) is 4.98 Å². The van der Waals surface area contributed by atoms with Crippen LogP contribution in [0.2, 0.25) is 0 Å². The predicted octanol–water partition coefficient (Wildman–Crippen LogP) is 2.56. The van der Waals surface area contributed by atoms with Gasteiger partial charge in [0, 0.05) is 17.0 Å². The molecule has 1 saturated heterocycles. The maximum atomic E-state index is 11.7. The molecule has 4 rings (SSSR count). The van der Waals surface area contributed by atoms with Gasteiger partial charge in [-0.2, -0.15) is 0 Å². The summed E-state index contributed by atoms with van der Waals surface area (Å²) < 4.78 is 23.4. The fourth-order valence-electron chi connectivity index (χ4n) is 3.29. The lowest BCUT2D eigenvalue weighted by Gasteiger charge is -2.24. The van der Waals surface area contributed by atoms with Crippen LogP contribution in [0, 0.1) is 5.41 Å². The Bertz CT molecular complexity index is 964. The molecule has 0 aliphatic carbocycles. The lowest BCUT2D eigenvalue weighted by atomic mass is 10.2. The topological polar surface area (TPSA) is 94.3 Å². The summed E-state index contributed by atoms with van der Waals surface area (Å²) in [7, 11) is -3.04. The molecule has 6 nitrogen and oxygen atoms in total. The molecule has 8 heteroatoms. The van der Waals surface area contributed by atoms with E-state index in [-0.39, 0.29) is 35.7 Å². The second kappa shape index (κ2) is 5.96. The molecule has 0 amide bonds. The van der Waals surface area contributed by atoms with Crippen LogP contribution < -0.4 is 0 Å². The summed E-state index contributed by atoms with van der Waals surface area (Å²) in [5.74, 6) is 0.438. The van der Waals surface area contributed by atoms with Crippen LogP contribution in [0.3, 0.4) is 0 Å². The van der Waals surface area contributed by atoms with Crippen LogP contribution in [0.25, 0.3) is 16.8 Å². The fraction of sp³-hybridized carbons (Fsp3) is 0.294. The van der Waals surface area contributed by atoms with Crippen molar-refractivity contribution in [1.82, 2.24) is 9.88 Å². The highest BCUT2D eigenvalue weighted by Crippen LogP contribution is 2.34. The van der Waals surface area contributed by atoms with Gasteiger partial charge in [-0.1, -0.05) is 30.3 Å². The minimum Gasteiger partial charge on any atom is -0.510 e. The van der Waals surface area contributed by atoms with Crippen molar-refractivity contribution in [1.29, 1.82) is 5.41 Å². The van der Waals surface area contributed by atoms with E-state index < -0.39 is 9.84 Å². The molecule has 3 heterocycles. The van der Waals surface area contributed by atoms with E-state index in [1.807, 2.05) is 35.7 Å². The molecule has 2 aromatic rings. The standard InChI is InChI=1S/C17H17N3O3S2/c18-16-15(14(21)8-20(16)12-6-7-25(22,23)10-12)17-19-13(9-24-17)11-4-2-1-3-5-11/h1-5,9,12,18,21H,6-8,10H2/t12-/m0/s1. The molecule has 2 aliphatic rings. The van der Waals surface area contributed by atoms with Crippen LogP contribution in [0.5, 0.6) is 0 Å². The molecule has 1 fully saturated rings. The number of thiazole rings is 1. The van der Waals surface area contributed by atoms with Crippen molar-refractivity contribution in [3.8, 4) is 11.3 Å². The first-order valence-electron chi connectivity index (χ1n) is 7.94. The molecule has 130 valence electrons. The minimum absolute atomic E-state index is 0.0447. The van der Waals surface area contributed by atoms with Crippen molar-refractivity contribution in [2.24, 2.45) is 0 Å². The quantitative estimate of drug-likeness (QED) is 0.860. The summed E-state index contributed by atoms with van der Waals surface area (Å²) in [6.07, 6.45) is 0.498. The third-order valence-electron chi connectivity index (χ3n) is 4.57. The van der Waals surface area contributed by atoms with Gasteiger partial charge in [0.25, 0.3) is 0 Å². The van der Waals surface area contributed by atoms with E-state index in [9.17, 15) is 13.5 Å². The van der Waals surface area contributed by atoms with Crippen molar-refractivity contribution >= 4 is 32.6 Å². The molecule has 25 heavy (non-hydrogen) atoms. The largest absolute Gasteiger partial charge is 0.510 e. The molecule has 0 saturated carbocycles. The first-order chi connectivity index (χ1) is 11.9. The number of sulfone groups is 1. The molecular weight excluding hydrogens is 358 g/mol. The first kappa shape index (κ1) is 16.3. The lowest BCUT2D eigenvalue weighted by molar-refractivity contribution is 0.309. The zero-order valence-corrected chi connectivity index (χ0v) is 15.0. The van der Waals surface area contributed by atoms with Gasteiger partial charge in [0.15, 0.2) is 9.84 Å². The highest BCUT2D eigenvalue weighted by atomic mass is 32.2. The van der Waals surface area contributed by atoms with Crippen molar-refractivity contribution < 1.29 is 13.5 Å². The van der Waals surface area contributed by atoms with Gasteiger partial charge in [0.2, 0.25) is 0 Å². The van der Waals surface area contributed by atoms with Gasteiger partial charge in [-0.15, -0.1) is 11.3 Å². The zero-order valence-electron chi connectivity index (χ0n) is 13.3. The molecule has 0 radical (unpaired) electrons. The van der Waals surface area contributed by atoms with E-state index in [0.29, 0.717) is 17.0 Å². The molecule has 0 spiro atoms. The molecule has 1 aromatic heterocycles. The maximum Gasteiger partial charge on any atom is 0.152 e. The van der Waals surface area contributed by atoms with E-state index in [1.54, 1.807) is 4.90 Å². The third kappa shape index (κ3) is 2.96. The van der Waals surface area contributed by atoms with E-state index in [4.69, 9.17) is 5.41 Å². The second-order valence-corrected chi connectivity index (χ2v) is 9.35. The van der Waals surface area contributed by atoms with Crippen LogP contribution in [0.4, 0.5) is 0 Å². The Balaban J connectivity index is 1.60. The van der Waals surface area contributed by atoms with E-state index in [0.717, 1.165) is 11.3 Å². The smallest absolute Gasteiger partial charge is 0.152 e. The van der Waals surface area contributed by atoms with Gasteiger partial charge in [0.05, 0.1) is 29.3 Å². The molecule has 1 aromatic carbocycles. The molecule has 2 aliphatic heterocycles. The molecule has 0 bridgehead atoms. The monoisotopic (exact) mass is 375 g/mol. The summed E-state index contributed by atoms with van der Waals surface area (Å²) in [4.78, 5) is 6.25. The average molecular weight is 375 g/mol. The molecule has 0 unspecified atom stereocenters. The fourth-order valence-corrected chi connectivity index (χ4v) is 5.91. The third-order valence-corrected chi connectivity index (χ3v) is 7.18. The number of amidine groups is 1. The normalized spacial score (nSPS) is 22.8. The van der Waals surface area contributed by atoms with Gasteiger partial charge in [-0.25, -0.2) is 13.4 Å². The number of nitrogens with zero attached hydrogens (tertiary/aromatic N) is 2. The second-order valence-electron chi connectivity index (χ2n) is 6.26. The van der Waals surface area contributed by atoms with Crippen LogP contribution in [0.1, 0.15) is 11.4 Å². The van der Waals surface area contributed by atoms with Crippen molar-refractivity contribution in [3.05, 3.63) is 46.5 Å². The van der Waals surface area contributed by atoms with Gasteiger partial charge in [0.1, 0.15) is 16.6 Å². The summed E-state index contributed by atoms with van der Waals surface area (Å²) in [6, 6.07) is 9.48. The van der Waals surface area contributed by atoms with Gasteiger partial charge in [-0.3, -0.25) is 5.41 Å². The number of hydrogen-bond acceptors (Lipinski definition) is 6. The Morgan fingerprint density at radius 2 is 2.04 bits per heavy atom. The highest BCUT2D eigenvalue weighted by Gasteiger charge is 2.39. The van der Waals surface area contributed by atoms with E-state index >= 15 is 0 Å². The summed E-state index contributed by atoms with van der Waals surface area (Å²) in [5, 5.41) is 21.3. The SMILES string of the molecule is N=C1C(c2nc(-c3ccccc3)cs2)=C(O)CN1[C@H]1CCS(=O)(=O)C1. The Hall–Kier alpha value is -2.19. The molecular formula is C17H17N3O3S2. The number of aliphatic hydroxyl groups excluding tert-OH is 1.